The molecule has 2 aromatic carbocycles. The number of aromatic nitrogens is 2. The summed E-state index contributed by atoms with van der Waals surface area (Å²) in [7, 11) is 0. The van der Waals surface area contributed by atoms with E-state index in [0.29, 0.717) is 6.54 Å². The van der Waals surface area contributed by atoms with Gasteiger partial charge in [-0.25, -0.2) is 4.98 Å². The van der Waals surface area contributed by atoms with Crippen LogP contribution in [-0.2, 0) is 6.54 Å². The van der Waals surface area contributed by atoms with Gasteiger partial charge < -0.3 is 14.4 Å². The number of benzene rings is 2. The van der Waals surface area contributed by atoms with Crippen LogP contribution in [0.5, 0.6) is 5.75 Å². The van der Waals surface area contributed by atoms with Crippen LogP contribution >= 0.6 is 0 Å². The topological polar surface area (TPSA) is 47.3 Å². The smallest absolute Gasteiger partial charge is 0.125 e. The first-order chi connectivity index (χ1) is 10.6. The van der Waals surface area contributed by atoms with Crippen molar-refractivity contribution in [3.63, 3.8) is 0 Å². The normalized spacial score (nSPS) is 12.5. The van der Waals surface area contributed by atoms with Crippen LogP contribution in [0.4, 0.5) is 0 Å². The number of aryl methyl sites for hydroxylation is 2. The molecule has 0 spiro atoms. The molecule has 0 saturated heterocycles. The van der Waals surface area contributed by atoms with Crippen molar-refractivity contribution >= 4 is 11.0 Å². The number of hydrogen-bond acceptors (Lipinski definition) is 3. The Bertz CT molecular complexity index is 759. The highest BCUT2D eigenvalue weighted by Gasteiger charge is 2.11. The summed E-state index contributed by atoms with van der Waals surface area (Å²) >= 11 is 0. The summed E-state index contributed by atoms with van der Waals surface area (Å²) < 4.78 is 7.76. The van der Waals surface area contributed by atoms with E-state index in [9.17, 15) is 5.11 Å². The Hall–Kier alpha value is -2.33. The number of hydrogen-bond donors (Lipinski definition) is 1. The number of nitrogens with zero attached hydrogens (tertiary/aromatic N) is 2. The largest absolute Gasteiger partial charge is 0.490 e. The van der Waals surface area contributed by atoms with Crippen molar-refractivity contribution < 1.29 is 9.84 Å². The second-order valence-electron chi connectivity index (χ2n) is 5.57. The first-order valence-corrected chi connectivity index (χ1v) is 7.42. The third-order valence-electron chi connectivity index (χ3n) is 3.76. The molecule has 22 heavy (non-hydrogen) atoms. The van der Waals surface area contributed by atoms with E-state index >= 15 is 0 Å². The fourth-order valence-electron chi connectivity index (χ4n) is 2.64. The molecule has 0 bridgehead atoms. The summed E-state index contributed by atoms with van der Waals surface area (Å²) in [6.07, 6.45) is 1.17. The molecule has 0 aliphatic heterocycles. The fourth-order valence-corrected chi connectivity index (χ4v) is 2.64. The average molecular weight is 296 g/mol. The van der Waals surface area contributed by atoms with Crippen molar-refractivity contribution in [3.8, 4) is 5.75 Å². The van der Waals surface area contributed by atoms with Crippen LogP contribution < -0.4 is 4.74 Å². The zero-order chi connectivity index (χ0) is 15.5. The number of para-hydroxylation sites is 3. The second kappa shape index (κ2) is 6.20. The van der Waals surface area contributed by atoms with E-state index in [4.69, 9.17) is 4.74 Å². The summed E-state index contributed by atoms with van der Waals surface area (Å²) in [6, 6.07) is 13.9. The van der Waals surface area contributed by atoms with E-state index in [-0.39, 0.29) is 6.61 Å². The van der Waals surface area contributed by atoms with Gasteiger partial charge in [0.15, 0.2) is 0 Å². The van der Waals surface area contributed by atoms with Crippen molar-refractivity contribution in [2.45, 2.75) is 26.5 Å². The molecule has 1 atom stereocenters. The van der Waals surface area contributed by atoms with Crippen molar-refractivity contribution in [3.05, 3.63) is 59.9 Å². The van der Waals surface area contributed by atoms with Crippen molar-refractivity contribution in [1.29, 1.82) is 0 Å². The van der Waals surface area contributed by atoms with Gasteiger partial charge in [0.25, 0.3) is 0 Å². The summed E-state index contributed by atoms with van der Waals surface area (Å²) in [5.41, 5.74) is 4.12. The number of imidazole rings is 1. The first-order valence-electron chi connectivity index (χ1n) is 7.42. The van der Waals surface area contributed by atoms with E-state index in [2.05, 4.69) is 4.98 Å². The zero-order valence-electron chi connectivity index (χ0n) is 12.9. The number of fused-ring (bicyclic) bond motifs is 1. The second-order valence-corrected chi connectivity index (χ2v) is 5.57. The van der Waals surface area contributed by atoms with Crippen molar-refractivity contribution in [2.75, 3.05) is 6.61 Å². The van der Waals surface area contributed by atoms with Gasteiger partial charge in [0.05, 0.1) is 23.9 Å². The Balaban J connectivity index is 1.67. The van der Waals surface area contributed by atoms with Gasteiger partial charge in [-0.2, -0.15) is 0 Å². The van der Waals surface area contributed by atoms with E-state index in [1.54, 1.807) is 6.33 Å². The molecule has 0 saturated carbocycles. The van der Waals surface area contributed by atoms with Crippen LogP contribution in [0.1, 0.15) is 11.1 Å². The molecule has 3 aromatic rings. The van der Waals surface area contributed by atoms with Gasteiger partial charge in [-0.05, 0) is 37.1 Å². The van der Waals surface area contributed by atoms with Gasteiger partial charge in [-0.3, -0.25) is 0 Å². The Kier molecular flexibility index (Phi) is 4.11. The lowest BCUT2D eigenvalue weighted by atomic mass is 10.1. The van der Waals surface area contributed by atoms with Crippen LogP contribution in [0, 0.1) is 13.8 Å². The predicted octanol–water partition coefficient (Wildman–Crippen LogP) is 3.09. The highest BCUT2D eigenvalue weighted by Crippen LogP contribution is 2.22. The maximum atomic E-state index is 10.2. The highest BCUT2D eigenvalue weighted by atomic mass is 16.5. The molecule has 4 nitrogen and oxygen atoms in total. The van der Waals surface area contributed by atoms with Crippen LogP contribution in [0.2, 0.25) is 0 Å². The molecule has 0 unspecified atom stereocenters. The summed E-state index contributed by atoms with van der Waals surface area (Å²) in [5.74, 6) is 0.858. The Labute approximate surface area is 130 Å². The lowest BCUT2D eigenvalue weighted by molar-refractivity contribution is 0.0927. The molecule has 0 amide bonds. The quantitative estimate of drug-likeness (QED) is 0.787. The summed E-state index contributed by atoms with van der Waals surface area (Å²) in [5, 5.41) is 10.2. The van der Waals surface area contributed by atoms with E-state index < -0.39 is 6.10 Å². The lowest BCUT2D eigenvalue weighted by Crippen LogP contribution is -2.23. The number of rotatable bonds is 5. The highest BCUT2D eigenvalue weighted by molar-refractivity contribution is 5.74. The number of ether oxygens (including phenoxy) is 1. The third-order valence-corrected chi connectivity index (χ3v) is 3.76. The first kappa shape index (κ1) is 14.6. The van der Waals surface area contributed by atoms with Crippen molar-refractivity contribution in [1.82, 2.24) is 9.55 Å². The lowest BCUT2D eigenvalue weighted by Gasteiger charge is -2.16. The number of aliphatic hydroxyl groups is 1. The minimum Gasteiger partial charge on any atom is -0.490 e. The summed E-state index contributed by atoms with van der Waals surface area (Å²) in [4.78, 5) is 4.33. The summed E-state index contributed by atoms with van der Waals surface area (Å²) in [6.45, 7) is 4.75. The minimum atomic E-state index is -0.586. The molecule has 1 heterocycles. The molecule has 1 aromatic heterocycles. The molecule has 0 fully saturated rings. The predicted molar refractivity (Wildman–Crippen MR) is 87.2 cm³/mol. The van der Waals surface area contributed by atoms with Gasteiger partial charge in [0, 0.05) is 0 Å². The molecule has 3 rings (SSSR count). The van der Waals surface area contributed by atoms with E-state index in [1.165, 1.54) is 0 Å². The third kappa shape index (κ3) is 2.97. The molecular formula is C18H20N2O2. The van der Waals surface area contributed by atoms with Gasteiger partial charge >= 0.3 is 0 Å². The molecule has 0 radical (unpaired) electrons. The van der Waals surface area contributed by atoms with Gasteiger partial charge in [0.1, 0.15) is 18.5 Å². The minimum absolute atomic E-state index is 0.262. The SMILES string of the molecule is Cc1cccc(C)c1OC[C@H](O)Cn1cnc2ccccc21. The van der Waals surface area contributed by atoms with Crippen LogP contribution in [0.3, 0.4) is 0 Å². The molecule has 1 N–H and O–H groups in total. The van der Waals surface area contributed by atoms with E-state index in [1.807, 2.05) is 60.9 Å². The average Bonchev–Trinajstić information content (AvgIpc) is 2.90. The Morgan fingerprint density at radius 1 is 1.09 bits per heavy atom. The van der Waals surface area contributed by atoms with Gasteiger partial charge in [0.2, 0.25) is 0 Å². The molecular weight excluding hydrogens is 276 g/mol. The fraction of sp³-hybridized carbons (Fsp3) is 0.278. The zero-order valence-corrected chi connectivity index (χ0v) is 12.9. The Morgan fingerprint density at radius 2 is 1.82 bits per heavy atom. The molecule has 4 heteroatoms. The number of aliphatic hydroxyl groups excluding tert-OH is 1. The molecule has 0 aliphatic rings. The van der Waals surface area contributed by atoms with Crippen molar-refractivity contribution in [2.24, 2.45) is 0 Å². The monoisotopic (exact) mass is 296 g/mol. The molecule has 114 valence electrons. The van der Waals surface area contributed by atoms with Crippen LogP contribution in [0.15, 0.2) is 48.8 Å². The van der Waals surface area contributed by atoms with Gasteiger partial charge in [-0.1, -0.05) is 30.3 Å². The Morgan fingerprint density at radius 3 is 2.59 bits per heavy atom. The van der Waals surface area contributed by atoms with Crippen LogP contribution in [-0.4, -0.2) is 27.4 Å². The standard InChI is InChI=1S/C18H20N2O2/c1-13-6-5-7-14(2)18(13)22-11-15(21)10-20-12-19-16-8-3-4-9-17(16)20/h3-9,12,15,21H,10-11H2,1-2H3/t15-/m1/s1. The maximum Gasteiger partial charge on any atom is 0.125 e. The maximum absolute atomic E-state index is 10.2. The van der Waals surface area contributed by atoms with Crippen LogP contribution in [0.25, 0.3) is 11.0 Å². The van der Waals surface area contributed by atoms with Gasteiger partial charge in [-0.15, -0.1) is 0 Å². The van der Waals surface area contributed by atoms with E-state index in [0.717, 1.165) is 27.9 Å². The molecule has 0 aliphatic carbocycles.